The number of hydrogen-bond donors (Lipinski definition) is 2. The van der Waals surface area contributed by atoms with Crippen molar-refractivity contribution in [3.05, 3.63) is 12.4 Å². The lowest BCUT2D eigenvalue weighted by Gasteiger charge is -2.37. The van der Waals surface area contributed by atoms with Gasteiger partial charge in [0.2, 0.25) is 0 Å². The SMILES string of the molecule is CCCNc1cncc(N2CCCC(C)(O)C2)n1. The molecule has 2 rings (SSSR count). The standard InChI is InChI=1S/C13H22N4O/c1-3-6-15-11-8-14-9-12(16-11)17-7-4-5-13(2,18)10-17/h8-9,18H,3-7,10H2,1-2H3,(H,15,16). The van der Waals surface area contributed by atoms with Gasteiger partial charge in [-0.2, -0.15) is 0 Å². The molecule has 0 saturated carbocycles. The molecule has 1 aliphatic heterocycles. The van der Waals surface area contributed by atoms with Crippen LogP contribution in [0.1, 0.15) is 33.1 Å². The van der Waals surface area contributed by atoms with E-state index in [9.17, 15) is 5.11 Å². The molecule has 0 aromatic carbocycles. The summed E-state index contributed by atoms with van der Waals surface area (Å²) in [6, 6.07) is 0. The molecule has 0 spiro atoms. The predicted octanol–water partition coefficient (Wildman–Crippen LogP) is 1.65. The van der Waals surface area contributed by atoms with Gasteiger partial charge in [-0.3, -0.25) is 4.98 Å². The molecule has 0 radical (unpaired) electrons. The zero-order valence-electron chi connectivity index (χ0n) is 11.2. The molecule has 1 aliphatic rings. The van der Waals surface area contributed by atoms with Crippen LogP contribution in [0.2, 0.25) is 0 Å². The minimum absolute atomic E-state index is 0.618. The second-order valence-electron chi connectivity index (χ2n) is 5.21. The van der Waals surface area contributed by atoms with Crippen molar-refractivity contribution in [2.24, 2.45) is 0 Å². The molecule has 2 heterocycles. The summed E-state index contributed by atoms with van der Waals surface area (Å²) in [4.78, 5) is 10.9. The van der Waals surface area contributed by atoms with Crippen LogP contribution in [0, 0.1) is 0 Å². The number of nitrogens with zero attached hydrogens (tertiary/aromatic N) is 3. The summed E-state index contributed by atoms with van der Waals surface area (Å²) in [5.74, 6) is 1.65. The van der Waals surface area contributed by atoms with Crippen LogP contribution in [0.25, 0.3) is 0 Å². The monoisotopic (exact) mass is 250 g/mol. The Kier molecular flexibility index (Phi) is 4.01. The lowest BCUT2D eigenvalue weighted by Crippen LogP contribution is -2.46. The summed E-state index contributed by atoms with van der Waals surface area (Å²) in [6.45, 7) is 6.45. The Bertz CT molecular complexity index is 394. The quantitative estimate of drug-likeness (QED) is 0.851. The second kappa shape index (κ2) is 5.52. The Labute approximate surface area is 108 Å². The van der Waals surface area contributed by atoms with Crippen LogP contribution in [0.3, 0.4) is 0 Å². The highest BCUT2D eigenvalue weighted by atomic mass is 16.3. The predicted molar refractivity (Wildman–Crippen MR) is 72.9 cm³/mol. The Balaban J connectivity index is 2.07. The molecule has 0 aliphatic carbocycles. The van der Waals surface area contributed by atoms with E-state index in [4.69, 9.17) is 0 Å². The molecule has 1 aromatic rings. The average molecular weight is 250 g/mol. The van der Waals surface area contributed by atoms with Gasteiger partial charge in [-0.1, -0.05) is 6.92 Å². The Hall–Kier alpha value is -1.36. The van der Waals surface area contributed by atoms with E-state index in [1.807, 2.05) is 6.92 Å². The van der Waals surface area contributed by atoms with E-state index in [1.165, 1.54) is 0 Å². The van der Waals surface area contributed by atoms with Gasteiger partial charge in [-0.15, -0.1) is 0 Å². The number of aliphatic hydroxyl groups is 1. The fourth-order valence-corrected chi connectivity index (χ4v) is 2.26. The van der Waals surface area contributed by atoms with Crippen LogP contribution < -0.4 is 10.2 Å². The highest BCUT2D eigenvalue weighted by Gasteiger charge is 2.29. The smallest absolute Gasteiger partial charge is 0.149 e. The third-order valence-corrected chi connectivity index (χ3v) is 3.18. The van der Waals surface area contributed by atoms with Crippen molar-refractivity contribution in [3.63, 3.8) is 0 Å². The molecule has 1 unspecified atom stereocenters. The van der Waals surface area contributed by atoms with Gasteiger partial charge in [0.15, 0.2) is 0 Å². The molecular weight excluding hydrogens is 228 g/mol. The van der Waals surface area contributed by atoms with Crippen molar-refractivity contribution >= 4 is 11.6 Å². The zero-order chi connectivity index (χ0) is 13.0. The first kappa shape index (κ1) is 13.1. The maximum Gasteiger partial charge on any atom is 0.149 e. The summed E-state index contributed by atoms with van der Waals surface area (Å²) in [5.41, 5.74) is -0.618. The van der Waals surface area contributed by atoms with Crippen LogP contribution in [-0.2, 0) is 0 Å². The van der Waals surface area contributed by atoms with E-state index in [0.29, 0.717) is 6.54 Å². The fraction of sp³-hybridized carbons (Fsp3) is 0.692. The van der Waals surface area contributed by atoms with Crippen LogP contribution in [-0.4, -0.2) is 40.3 Å². The topological polar surface area (TPSA) is 61.3 Å². The molecule has 1 aromatic heterocycles. The third kappa shape index (κ3) is 3.32. The average Bonchev–Trinajstić information content (AvgIpc) is 2.35. The minimum atomic E-state index is -0.618. The molecule has 0 bridgehead atoms. The van der Waals surface area contributed by atoms with E-state index < -0.39 is 5.60 Å². The summed E-state index contributed by atoms with van der Waals surface area (Å²) in [6.07, 6.45) is 6.40. The van der Waals surface area contributed by atoms with Gasteiger partial charge in [0, 0.05) is 19.6 Å². The first-order valence-electron chi connectivity index (χ1n) is 6.64. The number of aromatic nitrogens is 2. The molecule has 100 valence electrons. The van der Waals surface area contributed by atoms with Crippen molar-refractivity contribution in [2.45, 2.75) is 38.7 Å². The first-order valence-corrected chi connectivity index (χ1v) is 6.64. The molecule has 1 saturated heterocycles. The maximum absolute atomic E-state index is 10.1. The number of nitrogens with one attached hydrogen (secondary N) is 1. The normalized spacial score (nSPS) is 24.1. The molecule has 1 atom stereocenters. The Morgan fingerprint density at radius 3 is 3.06 bits per heavy atom. The lowest BCUT2D eigenvalue weighted by molar-refractivity contribution is 0.0447. The second-order valence-corrected chi connectivity index (χ2v) is 5.21. The molecule has 5 heteroatoms. The van der Waals surface area contributed by atoms with Gasteiger partial charge in [0.1, 0.15) is 11.6 Å². The van der Waals surface area contributed by atoms with Crippen molar-refractivity contribution in [1.29, 1.82) is 0 Å². The van der Waals surface area contributed by atoms with E-state index in [1.54, 1.807) is 12.4 Å². The fourth-order valence-electron chi connectivity index (χ4n) is 2.26. The van der Waals surface area contributed by atoms with E-state index in [2.05, 4.69) is 27.1 Å². The molecule has 1 fully saturated rings. The van der Waals surface area contributed by atoms with Gasteiger partial charge in [-0.05, 0) is 26.2 Å². The van der Waals surface area contributed by atoms with Crippen LogP contribution in [0.4, 0.5) is 11.6 Å². The molecule has 18 heavy (non-hydrogen) atoms. The summed E-state index contributed by atoms with van der Waals surface area (Å²) in [7, 11) is 0. The largest absolute Gasteiger partial charge is 0.388 e. The van der Waals surface area contributed by atoms with Gasteiger partial charge in [0.25, 0.3) is 0 Å². The van der Waals surface area contributed by atoms with E-state index in [-0.39, 0.29) is 0 Å². The first-order chi connectivity index (χ1) is 8.61. The minimum Gasteiger partial charge on any atom is -0.388 e. The summed E-state index contributed by atoms with van der Waals surface area (Å²) >= 11 is 0. The molecule has 2 N–H and O–H groups in total. The van der Waals surface area contributed by atoms with Gasteiger partial charge in [-0.25, -0.2) is 4.98 Å². The number of hydrogen-bond acceptors (Lipinski definition) is 5. The number of rotatable bonds is 4. The van der Waals surface area contributed by atoms with Gasteiger partial charge < -0.3 is 15.3 Å². The van der Waals surface area contributed by atoms with Crippen LogP contribution in [0.5, 0.6) is 0 Å². The molecule has 5 nitrogen and oxygen atoms in total. The van der Waals surface area contributed by atoms with Crippen molar-refractivity contribution in [1.82, 2.24) is 9.97 Å². The van der Waals surface area contributed by atoms with Crippen LogP contribution in [0.15, 0.2) is 12.4 Å². The lowest BCUT2D eigenvalue weighted by atomic mass is 9.95. The third-order valence-electron chi connectivity index (χ3n) is 3.18. The van der Waals surface area contributed by atoms with Crippen molar-refractivity contribution in [2.75, 3.05) is 29.9 Å². The highest BCUT2D eigenvalue weighted by molar-refractivity contribution is 5.44. The van der Waals surface area contributed by atoms with Crippen molar-refractivity contribution < 1.29 is 5.11 Å². The van der Waals surface area contributed by atoms with Gasteiger partial charge >= 0.3 is 0 Å². The number of β-amino-alcohol motifs (C(OH)–C–C–N with tert-alkyl or cyclic N) is 1. The van der Waals surface area contributed by atoms with E-state index in [0.717, 1.165) is 44.0 Å². The molecule has 0 amide bonds. The summed E-state index contributed by atoms with van der Waals surface area (Å²) < 4.78 is 0. The molecular formula is C13H22N4O. The highest BCUT2D eigenvalue weighted by Crippen LogP contribution is 2.24. The summed E-state index contributed by atoms with van der Waals surface area (Å²) in [5, 5.41) is 13.3. The Morgan fingerprint density at radius 1 is 1.50 bits per heavy atom. The van der Waals surface area contributed by atoms with Crippen molar-refractivity contribution in [3.8, 4) is 0 Å². The number of anilines is 2. The zero-order valence-corrected chi connectivity index (χ0v) is 11.2. The van der Waals surface area contributed by atoms with Crippen LogP contribution >= 0.6 is 0 Å². The van der Waals surface area contributed by atoms with Gasteiger partial charge in [0.05, 0.1) is 18.0 Å². The number of piperidine rings is 1. The maximum atomic E-state index is 10.1. The van der Waals surface area contributed by atoms with E-state index >= 15 is 0 Å². The Morgan fingerprint density at radius 2 is 2.33 bits per heavy atom.